The maximum Gasteiger partial charge on any atom is 0.0558 e. The fourth-order valence-electron chi connectivity index (χ4n) is 2.09. The van der Waals surface area contributed by atoms with Crippen LogP contribution < -0.4 is 0 Å². The summed E-state index contributed by atoms with van der Waals surface area (Å²) in [7, 11) is -1.94. The molecule has 2 aromatic rings. The predicted octanol–water partition coefficient (Wildman–Crippen LogP) is 3.77. The summed E-state index contributed by atoms with van der Waals surface area (Å²) in [6.45, 7) is 1.99. The Morgan fingerprint density at radius 1 is 0.857 bits per heavy atom. The Bertz CT molecular complexity index is 597. The van der Waals surface area contributed by atoms with Gasteiger partial charge in [-0.2, -0.15) is 0 Å². The molecule has 0 saturated carbocycles. The largest absolute Gasteiger partial charge is 0.254 e. The lowest BCUT2D eigenvalue weighted by molar-refractivity contribution is 0.658. The van der Waals surface area contributed by atoms with Gasteiger partial charge in [-0.1, -0.05) is 43.3 Å². The zero-order chi connectivity index (χ0) is 15.1. The highest BCUT2D eigenvalue weighted by Gasteiger charge is 2.13. The first kappa shape index (κ1) is 16.1. The molecule has 2 nitrogen and oxygen atoms in total. The van der Waals surface area contributed by atoms with Gasteiger partial charge in [0.05, 0.1) is 21.6 Å². The van der Waals surface area contributed by atoms with E-state index in [1.807, 2.05) is 67.6 Å². The topological polar surface area (TPSA) is 34.1 Å². The van der Waals surface area contributed by atoms with Gasteiger partial charge < -0.3 is 0 Å². The summed E-state index contributed by atoms with van der Waals surface area (Å²) in [6.07, 6.45) is 1.64. The van der Waals surface area contributed by atoms with Crippen LogP contribution in [0.4, 0.5) is 0 Å². The summed E-state index contributed by atoms with van der Waals surface area (Å²) in [6, 6.07) is 19.0. The second-order valence-electron chi connectivity index (χ2n) is 4.93. The fraction of sp³-hybridized carbons (Fsp3) is 0.294. The molecule has 0 heterocycles. The second kappa shape index (κ2) is 8.25. The Hall–Kier alpha value is -1.26. The van der Waals surface area contributed by atoms with Crippen molar-refractivity contribution in [3.63, 3.8) is 0 Å². The van der Waals surface area contributed by atoms with Crippen LogP contribution >= 0.6 is 0 Å². The quantitative estimate of drug-likeness (QED) is 0.778. The van der Waals surface area contributed by atoms with Crippen molar-refractivity contribution < 1.29 is 8.42 Å². The highest BCUT2D eigenvalue weighted by Crippen LogP contribution is 2.15. The molecule has 3 unspecified atom stereocenters. The van der Waals surface area contributed by atoms with E-state index in [2.05, 4.69) is 0 Å². The van der Waals surface area contributed by atoms with Crippen LogP contribution in [0.1, 0.15) is 19.8 Å². The van der Waals surface area contributed by atoms with E-state index in [9.17, 15) is 8.42 Å². The smallest absolute Gasteiger partial charge is 0.0558 e. The Kier molecular flexibility index (Phi) is 6.33. The SMILES string of the molecule is CC(CCCS(=O)c1ccccc1)S(=O)c1ccccc1. The molecule has 0 aliphatic carbocycles. The van der Waals surface area contributed by atoms with Crippen molar-refractivity contribution in [2.45, 2.75) is 34.8 Å². The summed E-state index contributed by atoms with van der Waals surface area (Å²) in [4.78, 5) is 1.74. The summed E-state index contributed by atoms with van der Waals surface area (Å²) >= 11 is 0. The molecule has 21 heavy (non-hydrogen) atoms. The van der Waals surface area contributed by atoms with Crippen molar-refractivity contribution >= 4 is 21.6 Å². The molecule has 0 saturated heterocycles. The maximum absolute atomic E-state index is 12.3. The molecule has 0 radical (unpaired) electrons. The number of hydrogen-bond donors (Lipinski definition) is 0. The minimum Gasteiger partial charge on any atom is -0.254 e. The van der Waals surface area contributed by atoms with Gasteiger partial charge >= 0.3 is 0 Å². The Morgan fingerprint density at radius 3 is 1.95 bits per heavy atom. The van der Waals surface area contributed by atoms with E-state index in [1.165, 1.54) is 0 Å². The lowest BCUT2D eigenvalue weighted by atomic mass is 10.3. The Morgan fingerprint density at radius 2 is 1.38 bits per heavy atom. The van der Waals surface area contributed by atoms with Crippen LogP contribution in [0.5, 0.6) is 0 Å². The molecule has 0 aliphatic heterocycles. The van der Waals surface area contributed by atoms with Crippen LogP contribution in [-0.4, -0.2) is 19.4 Å². The molecule has 0 aliphatic rings. The van der Waals surface area contributed by atoms with Crippen molar-refractivity contribution in [1.29, 1.82) is 0 Å². The lowest BCUT2D eigenvalue weighted by Crippen LogP contribution is -2.12. The van der Waals surface area contributed by atoms with Crippen LogP contribution in [0.3, 0.4) is 0 Å². The highest BCUT2D eigenvalue weighted by atomic mass is 32.2. The van der Waals surface area contributed by atoms with Crippen molar-refractivity contribution in [3.05, 3.63) is 60.7 Å². The van der Waals surface area contributed by atoms with Crippen LogP contribution in [-0.2, 0) is 21.6 Å². The third-order valence-electron chi connectivity index (χ3n) is 3.29. The van der Waals surface area contributed by atoms with Crippen molar-refractivity contribution in [2.75, 3.05) is 5.75 Å². The zero-order valence-corrected chi connectivity index (χ0v) is 13.7. The number of rotatable bonds is 7. The molecule has 2 rings (SSSR count). The van der Waals surface area contributed by atoms with Gasteiger partial charge in [0.2, 0.25) is 0 Å². The normalized spacial score (nSPS) is 15.3. The van der Waals surface area contributed by atoms with Gasteiger partial charge in [-0.25, -0.2) is 0 Å². The fourth-order valence-corrected chi connectivity index (χ4v) is 4.48. The average Bonchev–Trinajstić information content (AvgIpc) is 2.55. The molecule has 4 heteroatoms. The second-order valence-corrected chi connectivity index (χ2v) is 8.37. The van der Waals surface area contributed by atoms with Crippen LogP contribution in [0.15, 0.2) is 70.5 Å². The van der Waals surface area contributed by atoms with Gasteiger partial charge in [0.25, 0.3) is 0 Å². The maximum atomic E-state index is 12.3. The zero-order valence-electron chi connectivity index (χ0n) is 12.1. The van der Waals surface area contributed by atoms with Crippen molar-refractivity contribution in [3.8, 4) is 0 Å². The average molecular weight is 320 g/mol. The molecule has 0 fully saturated rings. The van der Waals surface area contributed by atoms with E-state index in [4.69, 9.17) is 0 Å². The summed E-state index contributed by atoms with van der Waals surface area (Å²) in [5.41, 5.74) is 0. The van der Waals surface area contributed by atoms with Gasteiger partial charge in [0, 0.05) is 20.8 Å². The Labute approximate surface area is 131 Å². The predicted molar refractivity (Wildman–Crippen MR) is 89.3 cm³/mol. The minimum absolute atomic E-state index is 0.0835. The highest BCUT2D eigenvalue weighted by molar-refractivity contribution is 7.85. The van der Waals surface area contributed by atoms with E-state index in [-0.39, 0.29) is 5.25 Å². The molecular weight excluding hydrogens is 300 g/mol. The minimum atomic E-state index is -0.986. The monoisotopic (exact) mass is 320 g/mol. The first-order chi connectivity index (χ1) is 10.2. The summed E-state index contributed by atoms with van der Waals surface area (Å²) in [5, 5.41) is 0.0835. The number of benzene rings is 2. The third kappa shape index (κ3) is 4.90. The molecule has 0 bridgehead atoms. The molecule has 2 aromatic carbocycles. The van der Waals surface area contributed by atoms with E-state index in [0.717, 1.165) is 22.6 Å². The summed E-state index contributed by atoms with van der Waals surface area (Å²) < 4.78 is 24.4. The van der Waals surface area contributed by atoms with Gasteiger partial charge in [0.15, 0.2) is 0 Å². The van der Waals surface area contributed by atoms with E-state index in [1.54, 1.807) is 0 Å². The van der Waals surface area contributed by atoms with Gasteiger partial charge in [-0.05, 0) is 37.1 Å². The molecule has 0 spiro atoms. The first-order valence-corrected chi connectivity index (χ1v) is 9.60. The van der Waals surface area contributed by atoms with Crippen molar-refractivity contribution in [1.82, 2.24) is 0 Å². The summed E-state index contributed by atoms with van der Waals surface area (Å²) in [5.74, 6) is 0.625. The van der Waals surface area contributed by atoms with Gasteiger partial charge in [-0.3, -0.25) is 8.42 Å². The van der Waals surface area contributed by atoms with E-state index < -0.39 is 21.6 Å². The Balaban J connectivity index is 1.81. The number of hydrogen-bond acceptors (Lipinski definition) is 2. The molecule has 0 aromatic heterocycles. The molecule has 3 atom stereocenters. The van der Waals surface area contributed by atoms with Crippen molar-refractivity contribution in [2.24, 2.45) is 0 Å². The molecule has 0 N–H and O–H groups in total. The van der Waals surface area contributed by atoms with E-state index in [0.29, 0.717) is 5.75 Å². The molecule has 112 valence electrons. The van der Waals surface area contributed by atoms with Crippen LogP contribution in [0, 0.1) is 0 Å². The van der Waals surface area contributed by atoms with Crippen LogP contribution in [0.2, 0.25) is 0 Å². The van der Waals surface area contributed by atoms with Gasteiger partial charge in [-0.15, -0.1) is 0 Å². The lowest BCUT2D eigenvalue weighted by Gasteiger charge is -2.11. The molecule has 0 amide bonds. The third-order valence-corrected chi connectivity index (χ3v) is 6.45. The van der Waals surface area contributed by atoms with E-state index >= 15 is 0 Å². The van der Waals surface area contributed by atoms with Crippen LogP contribution in [0.25, 0.3) is 0 Å². The molecular formula is C17H20O2S2. The standard InChI is InChI=1S/C17H20O2S2/c1-15(21(19)17-12-6-3-7-13-17)9-8-14-20(18)16-10-4-2-5-11-16/h2-7,10-13,15H,8-9,14H2,1H3. The first-order valence-electron chi connectivity index (χ1n) is 7.07. The van der Waals surface area contributed by atoms with Gasteiger partial charge in [0.1, 0.15) is 0 Å².